The first kappa shape index (κ1) is 15.4. The first-order chi connectivity index (χ1) is 10.7. The van der Waals surface area contributed by atoms with Gasteiger partial charge < -0.3 is 0 Å². The third kappa shape index (κ3) is 4.02. The molecule has 0 atom stereocenters. The molecule has 1 fully saturated rings. The van der Waals surface area contributed by atoms with Crippen LogP contribution in [0.2, 0.25) is 0 Å². The number of benzene rings is 2. The highest BCUT2D eigenvalue weighted by Crippen LogP contribution is 2.32. The summed E-state index contributed by atoms with van der Waals surface area (Å²) in [7, 11) is 0. The zero-order valence-corrected chi connectivity index (χ0v) is 13.9. The molecule has 0 saturated carbocycles. The topological polar surface area (TPSA) is 12.4 Å². The highest BCUT2D eigenvalue weighted by atomic mass is 32.2. The van der Waals surface area contributed by atoms with Crippen molar-refractivity contribution in [1.29, 1.82) is 0 Å². The molecule has 0 spiro atoms. The Bertz CT molecular complexity index is 703. The average Bonchev–Trinajstić information content (AvgIpc) is 2.96. The van der Waals surface area contributed by atoms with Gasteiger partial charge in [0.1, 0.15) is 10.9 Å². The number of hydrogen-bond donors (Lipinski definition) is 0. The second-order valence-electron chi connectivity index (χ2n) is 5.07. The van der Waals surface area contributed by atoms with Crippen molar-refractivity contribution in [2.24, 2.45) is 4.99 Å². The van der Waals surface area contributed by atoms with E-state index in [9.17, 15) is 4.39 Å². The Morgan fingerprint density at radius 1 is 1.09 bits per heavy atom. The van der Waals surface area contributed by atoms with Gasteiger partial charge in [-0.2, -0.15) is 0 Å². The monoisotopic (exact) mass is 329 g/mol. The van der Waals surface area contributed by atoms with Crippen molar-refractivity contribution >= 4 is 34.3 Å². The fraction of sp³-hybridized carbons (Fsp3) is 0.167. The zero-order chi connectivity index (χ0) is 15.4. The van der Waals surface area contributed by atoms with E-state index in [2.05, 4.69) is 24.5 Å². The lowest BCUT2D eigenvalue weighted by atomic mass is 10.2. The molecular weight excluding hydrogens is 313 g/mol. The molecule has 3 rings (SSSR count). The van der Waals surface area contributed by atoms with Gasteiger partial charge in [-0.15, -0.1) is 11.8 Å². The normalized spacial score (nSPS) is 18.3. The van der Waals surface area contributed by atoms with Crippen LogP contribution in [0, 0.1) is 12.7 Å². The van der Waals surface area contributed by atoms with Crippen LogP contribution >= 0.6 is 23.5 Å². The van der Waals surface area contributed by atoms with Crippen molar-refractivity contribution < 1.29 is 4.39 Å². The van der Waals surface area contributed by atoms with Crippen molar-refractivity contribution in [2.45, 2.75) is 18.2 Å². The van der Waals surface area contributed by atoms with Gasteiger partial charge in [0, 0.05) is 10.6 Å². The van der Waals surface area contributed by atoms with Crippen LogP contribution in [-0.4, -0.2) is 10.8 Å². The van der Waals surface area contributed by atoms with E-state index in [0.717, 1.165) is 27.8 Å². The lowest BCUT2D eigenvalue weighted by Crippen LogP contribution is -1.88. The molecule has 2 aromatic carbocycles. The molecule has 0 amide bonds. The zero-order valence-electron chi connectivity index (χ0n) is 12.3. The summed E-state index contributed by atoms with van der Waals surface area (Å²) in [5.41, 5.74) is 3.50. The van der Waals surface area contributed by atoms with Crippen molar-refractivity contribution in [3.63, 3.8) is 0 Å². The number of thioether (sulfide) groups is 2. The Morgan fingerprint density at radius 3 is 2.55 bits per heavy atom. The summed E-state index contributed by atoms with van der Waals surface area (Å²) >= 11 is 3.42. The standard InChI is InChI=1S/C18H16FNS2/c1-13-2-6-16(7-3-13)20-18-14(10-11-21-18)12-22-17-8-4-15(19)5-9-17/h2-9,12H,10-11H2,1H3. The van der Waals surface area contributed by atoms with Crippen LogP contribution in [0.1, 0.15) is 12.0 Å². The number of aliphatic imine (C=N–C) groups is 1. The maximum absolute atomic E-state index is 12.9. The second kappa shape index (κ2) is 7.16. The first-order valence-electron chi connectivity index (χ1n) is 7.10. The van der Waals surface area contributed by atoms with Crippen LogP contribution in [0.15, 0.2) is 69.4 Å². The Kier molecular flexibility index (Phi) is 5.01. The van der Waals surface area contributed by atoms with Crippen molar-refractivity contribution in [3.8, 4) is 0 Å². The van der Waals surface area contributed by atoms with Gasteiger partial charge in [-0.3, -0.25) is 0 Å². The molecule has 2 aromatic rings. The van der Waals surface area contributed by atoms with E-state index in [-0.39, 0.29) is 5.82 Å². The lowest BCUT2D eigenvalue weighted by molar-refractivity contribution is 0.626. The van der Waals surface area contributed by atoms with Crippen LogP contribution in [0.3, 0.4) is 0 Å². The lowest BCUT2D eigenvalue weighted by Gasteiger charge is -2.01. The van der Waals surface area contributed by atoms with Gasteiger partial charge in [-0.25, -0.2) is 9.38 Å². The number of aryl methyl sites for hydroxylation is 1. The summed E-state index contributed by atoms with van der Waals surface area (Å²) in [4.78, 5) is 5.79. The maximum Gasteiger partial charge on any atom is 0.123 e. The van der Waals surface area contributed by atoms with E-state index >= 15 is 0 Å². The van der Waals surface area contributed by atoms with E-state index in [1.54, 1.807) is 35.7 Å². The Balaban J connectivity index is 1.76. The summed E-state index contributed by atoms with van der Waals surface area (Å²) in [6, 6.07) is 14.8. The van der Waals surface area contributed by atoms with Crippen LogP contribution in [0.4, 0.5) is 10.1 Å². The van der Waals surface area contributed by atoms with Crippen LogP contribution in [0.5, 0.6) is 0 Å². The molecule has 4 heteroatoms. The van der Waals surface area contributed by atoms with E-state index in [1.807, 2.05) is 12.1 Å². The van der Waals surface area contributed by atoms with E-state index in [0.29, 0.717) is 0 Å². The minimum Gasteiger partial charge on any atom is -0.242 e. The number of hydrogen-bond acceptors (Lipinski definition) is 3. The summed E-state index contributed by atoms with van der Waals surface area (Å²) < 4.78 is 12.9. The molecule has 0 bridgehead atoms. The molecule has 0 radical (unpaired) electrons. The van der Waals surface area contributed by atoms with E-state index in [1.165, 1.54) is 23.3 Å². The molecule has 1 saturated heterocycles. The SMILES string of the molecule is Cc1ccc(N=C2SCCC2=CSc2ccc(F)cc2)cc1. The van der Waals surface area contributed by atoms with Crippen LogP contribution < -0.4 is 0 Å². The molecule has 0 N–H and O–H groups in total. The highest BCUT2D eigenvalue weighted by Gasteiger charge is 2.16. The number of nitrogens with zero attached hydrogens (tertiary/aromatic N) is 1. The Labute approximate surface area is 138 Å². The molecule has 0 unspecified atom stereocenters. The maximum atomic E-state index is 12.9. The molecule has 112 valence electrons. The van der Waals surface area contributed by atoms with Crippen molar-refractivity contribution in [1.82, 2.24) is 0 Å². The fourth-order valence-electron chi connectivity index (χ4n) is 2.06. The van der Waals surface area contributed by atoms with Gasteiger partial charge in [0.15, 0.2) is 0 Å². The third-order valence-corrected chi connectivity index (χ3v) is 5.28. The van der Waals surface area contributed by atoms with Gasteiger partial charge >= 0.3 is 0 Å². The minimum atomic E-state index is -0.199. The second-order valence-corrected chi connectivity index (χ2v) is 7.09. The number of rotatable bonds is 3. The summed E-state index contributed by atoms with van der Waals surface area (Å²) in [6.45, 7) is 2.08. The summed E-state index contributed by atoms with van der Waals surface area (Å²) in [5, 5.41) is 3.23. The van der Waals surface area contributed by atoms with Gasteiger partial charge in [-0.1, -0.05) is 29.5 Å². The van der Waals surface area contributed by atoms with Crippen molar-refractivity contribution in [3.05, 3.63) is 70.9 Å². The van der Waals surface area contributed by atoms with Crippen LogP contribution in [0.25, 0.3) is 0 Å². The Morgan fingerprint density at radius 2 is 1.82 bits per heavy atom. The Hall–Kier alpha value is -1.52. The highest BCUT2D eigenvalue weighted by molar-refractivity contribution is 8.15. The average molecular weight is 329 g/mol. The molecule has 1 aliphatic rings. The number of halogens is 1. The molecule has 22 heavy (non-hydrogen) atoms. The van der Waals surface area contributed by atoms with Gasteiger partial charge in [0.05, 0.1) is 5.69 Å². The quantitative estimate of drug-likeness (QED) is 0.642. The van der Waals surface area contributed by atoms with Crippen molar-refractivity contribution in [2.75, 3.05) is 5.75 Å². The molecule has 1 nitrogen and oxygen atoms in total. The van der Waals surface area contributed by atoms with Gasteiger partial charge in [0.25, 0.3) is 0 Å². The summed E-state index contributed by atoms with van der Waals surface area (Å²) in [5.74, 6) is 0.871. The molecule has 1 heterocycles. The fourth-order valence-corrected chi connectivity index (χ4v) is 3.97. The minimum absolute atomic E-state index is 0.199. The molecule has 1 aliphatic heterocycles. The predicted molar refractivity (Wildman–Crippen MR) is 95.7 cm³/mol. The van der Waals surface area contributed by atoms with Crippen LogP contribution in [-0.2, 0) is 0 Å². The van der Waals surface area contributed by atoms with Gasteiger partial charge in [-0.05, 0) is 60.7 Å². The largest absolute Gasteiger partial charge is 0.242 e. The van der Waals surface area contributed by atoms with Gasteiger partial charge in [0.2, 0.25) is 0 Å². The molecule has 0 aromatic heterocycles. The third-order valence-electron chi connectivity index (χ3n) is 3.30. The predicted octanol–water partition coefficient (Wildman–Crippen LogP) is 5.98. The van der Waals surface area contributed by atoms with E-state index in [4.69, 9.17) is 4.99 Å². The van der Waals surface area contributed by atoms with E-state index < -0.39 is 0 Å². The molecule has 0 aliphatic carbocycles. The molecular formula is C18H16FNS2. The first-order valence-corrected chi connectivity index (χ1v) is 8.97. The smallest absolute Gasteiger partial charge is 0.123 e. The summed E-state index contributed by atoms with van der Waals surface area (Å²) in [6.07, 6.45) is 1.03.